The first-order valence-corrected chi connectivity index (χ1v) is 6.21. The van der Waals surface area contributed by atoms with Crippen molar-refractivity contribution in [2.75, 3.05) is 0 Å². The number of rotatable bonds is 3. The molecule has 84 valence electrons. The Bertz CT molecular complexity index is 508. The Morgan fingerprint density at radius 1 is 0.882 bits per heavy atom. The molecule has 17 heavy (non-hydrogen) atoms. The fraction of sp³-hybridized carbons (Fsp3) is 0.176. The van der Waals surface area contributed by atoms with Crippen LogP contribution in [-0.4, -0.2) is 0 Å². The smallest absolute Gasteiger partial charge is 0.0122 e. The Morgan fingerprint density at radius 3 is 2.24 bits per heavy atom. The zero-order chi connectivity index (χ0) is 11.5. The molecule has 1 saturated carbocycles. The van der Waals surface area contributed by atoms with E-state index in [0.29, 0.717) is 0 Å². The van der Waals surface area contributed by atoms with E-state index in [-0.39, 0.29) is 0 Å². The third-order valence-corrected chi connectivity index (χ3v) is 3.32. The normalized spacial score (nSPS) is 20.5. The highest BCUT2D eigenvalue weighted by atomic mass is 14.3. The summed E-state index contributed by atoms with van der Waals surface area (Å²) in [6.45, 7) is 0. The summed E-state index contributed by atoms with van der Waals surface area (Å²) in [5, 5.41) is 0. The van der Waals surface area contributed by atoms with E-state index in [0.717, 1.165) is 5.92 Å². The van der Waals surface area contributed by atoms with Gasteiger partial charge in [-0.15, -0.1) is 0 Å². The van der Waals surface area contributed by atoms with Crippen molar-refractivity contribution in [2.24, 2.45) is 5.92 Å². The molecule has 2 aromatic rings. The molecule has 0 amide bonds. The summed E-state index contributed by atoms with van der Waals surface area (Å²) >= 11 is 0. The average molecular weight is 220 g/mol. The molecule has 0 bridgehead atoms. The Labute approximate surface area is 103 Å². The maximum absolute atomic E-state index is 2.34. The maximum atomic E-state index is 2.34. The fourth-order valence-corrected chi connectivity index (χ4v) is 2.27. The van der Waals surface area contributed by atoms with Gasteiger partial charge in [-0.05, 0) is 29.9 Å². The SMILES string of the molecule is C(=C1/CC1Cc1ccccc1)/c1ccccc1. The van der Waals surface area contributed by atoms with Crippen LogP contribution in [0.1, 0.15) is 17.5 Å². The van der Waals surface area contributed by atoms with E-state index >= 15 is 0 Å². The van der Waals surface area contributed by atoms with Gasteiger partial charge in [0.05, 0.1) is 0 Å². The van der Waals surface area contributed by atoms with Crippen molar-refractivity contribution in [3.63, 3.8) is 0 Å². The lowest BCUT2D eigenvalue weighted by atomic mass is 10.1. The van der Waals surface area contributed by atoms with Crippen LogP contribution in [0.2, 0.25) is 0 Å². The second-order valence-electron chi connectivity index (χ2n) is 4.72. The van der Waals surface area contributed by atoms with Crippen LogP contribution in [-0.2, 0) is 6.42 Å². The number of benzene rings is 2. The first-order chi connectivity index (χ1) is 8.42. The van der Waals surface area contributed by atoms with E-state index in [4.69, 9.17) is 0 Å². The maximum Gasteiger partial charge on any atom is -0.0122 e. The van der Waals surface area contributed by atoms with Gasteiger partial charge < -0.3 is 0 Å². The molecule has 0 spiro atoms. The second kappa shape index (κ2) is 4.58. The lowest BCUT2D eigenvalue weighted by Gasteiger charge is -1.96. The topological polar surface area (TPSA) is 0 Å². The molecule has 0 radical (unpaired) electrons. The molecule has 0 heteroatoms. The summed E-state index contributed by atoms with van der Waals surface area (Å²) in [5.74, 6) is 0.776. The van der Waals surface area contributed by atoms with E-state index in [2.05, 4.69) is 66.7 Å². The molecule has 0 heterocycles. The van der Waals surface area contributed by atoms with E-state index in [1.165, 1.54) is 24.0 Å². The first-order valence-electron chi connectivity index (χ1n) is 6.21. The summed E-state index contributed by atoms with van der Waals surface area (Å²) in [6, 6.07) is 21.4. The van der Waals surface area contributed by atoms with Crippen LogP contribution in [0.4, 0.5) is 0 Å². The molecule has 1 aliphatic carbocycles. The van der Waals surface area contributed by atoms with Gasteiger partial charge in [0, 0.05) is 0 Å². The molecule has 3 rings (SSSR count). The highest BCUT2D eigenvalue weighted by molar-refractivity contribution is 5.57. The fourth-order valence-electron chi connectivity index (χ4n) is 2.27. The van der Waals surface area contributed by atoms with Crippen molar-refractivity contribution >= 4 is 6.08 Å². The van der Waals surface area contributed by atoms with Crippen LogP contribution in [0.15, 0.2) is 66.2 Å². The number of hydrogen-bond donors (Lipinski definition) is 0. The Morgan fingerprint density at radius 2 is 1.53 bits per heavy atom. The first kappa shape index (κ1) is 10.3. The zero-order valence-electron chi connectivity index (χ0n) is 9.84. The molecule has 0 aromatic heterocycles. The monoisotopic (exact) mass is 220 g/mol. The van der Waals surface area contributed by atoms with Crippen molar-refractivity contribution in [3.05, 3.63) is 77.4 Å². The molecule has 0 nitrogen and oxygen atoms in total. The van der Waals surface area contributed by atoms with Crippen molar-refractivity contribution in [1.29, 1.82) is 0 Å². The van der Waals surface area contributed by atoms with Crippen molar-refractivity contribution in [1.82, 2.24) is 0 Å². The third kappa shape index (κ3) is 2.65. The molecular formula is C17H16. The molecule has 0 aliphatic heterocycles. The summed E-state index contributed by atoms with van der Waals surface area (Å²) in [7, 11) is 0. The van der Waals surface area contributed by atoms with Gasteiger partial charge in [-0.2, -0.15) is 0 Å². The van der Waals surface area contributed by atoms with Crippen LogP contribution in [0, 0.1) is 5.92 Å². The van der Waals surface area contributed by atoms with E-state index in [9.17, 15) is 0 Å². The molecule has 1 fully saturated rings. The van der Waals surface area contributed by atoms with Crippen molar-refractivity contribution in [2.45, 2.75) is 12.8 Å². The zero-order valence-corrected chi connectivity index (χ0v) is 9.84. The van der Waals surface area contributed by atoms with Crippen LogP contribution in [0.3, 0.4) is 0 Å². The van der Waals surface area contributed by atoms with E-state index < -0.39 is 0 Å². The molecule has 1 atom stereocenters. The summed E-state index contributed by atoms with van der Waals surface area (Å²) < 4.78 is 0. The summed E-state index contributed by atoms with van der Waals surface area (Å²) in [6.07, 6.45) is 4.80. The van der Waals surface area contributed by atoms with Gasteiger partial charge >= 0.3 is 0 Å². The minimum absolute atomic E-state index is 0.776. The highest BCUT2D eigenvalue weighted by Crippen LogP contribution is 2.41. The minimum Gasteiger partial charge on any atom is -0.0653 e. The Balaban J connectivity index is 1.66. The molecular weight excluding hydrogens is 204 g/mol. The summed E-state index contributed by atoms with van der Waals surface area (Å²) in [5.41, 5.74) is 4.38. The largest absolute Gasteiger partial charge is 0.0653 e. The van der Waals surface area contributed by atoms with Crippen LogP contribution < -0.4 is 0 Å². The van der Waals surface area contributed by atoms with Gasteiger partial charge in [0.15, 0.2) is 0 Å². The highest BCUT2D eigenvalue weighted by Gasteiger charge is 2.28. The standard InChI is InChI=1S/C17H16/c1-3-7-14(8-4-1)11-16-13-17(16)12-15-9-5-2-6-10-15/h1-11,17H,12-13H2/b16-11+. The molecule has 2 aromatic carbocycles. The Kier molecular flexibility index (Phi) is 2.79. The number of allylic oxidation sites excluding steroid dienone is 1. The predicted molar refractivity (Wildman–Crippen MR) is 72.7 cm³/mol. The van der Waals surface area contributed by atoms with Crippen LogP contribution in [0.25, 0.3) is 6.08 Å². The van der Waals surface area contributed by atoms with E-state index in [1.54, 1.807) is 5.57 Å². The summed E-state index contributed by atoms with van der Waals surface area (Å²) in [4.78, 5) is 0. The van der Waals surface area contributed by atoms with Crippen LogP contribution >= 0.6 is 0 Å². The van der Waals surface area contributed by atoms with Gasteiger partial charge in [0.25, 0.3) is 0 Å². The number of hydrogen-bond acceptors (Lipinski definition) is 0. The van der Waals surface area contributed by atoms with Gasteiger partial charge in [-0.3, -0.25) is 0 Å². The van der Waals surface area contributed by atoms with Gasteiger partial charge in [-0.25, -0.2) is 0 Å². The van der Waals surface area contributed by atoms with Gasteiger partial charge in [0.2, 0.25) is 0 Å². The molecule has 1 aliphatic rings. The average Bonchev–Trinajstić information content (AvgIpc) is 3.10. The minimum atomic E-state index is 0.776. The van der Waals surface area contributed by atoms with Crippen LogP contribution in [0.5, 0.6) is 0 Å². The second-order valence-corrected chi connectivity index (χ2v) is 4.72. The molecule has 0 saturated heterocycles. The van der Waals surface area contributed by atoms with Crippen molar-refractivity contribution < 1.29 is 0 Å². The van der Waals surface area contributed by atoms with Gasteiger partial charge in [0.1, 0.15) is 0 Å². The van der Waals surface area contributed by atoms with Gasteiger partial charge in [-0.1, -0.05) is 72.3 Å². The molecule has 0 N–H and O–H groups in total. The molecule has 1 unspecified atom stereocenters. The van der Waals surface area contributed by atoms with Crippen molar-refractivity contribution in [3.8, 4) is 0 Å². The Hall–Kier alpha value is -1.82. The quantitative estimate of drug-likeness (QED) is 0.722. The third-order valence-electron chi connectivity index (χ3n) is 3.32. The van der Waals surface area contributed by atoms with E-state index in [1.807, 2.05) is 0 Å². The lowest BCUT2D eigenvalue weighted by Crippen LogP contribution is -1.85. The lowest BCUT2D eigenvalue weighted by molar-refractivity contribution is 0.862. The predicted octanol–water partition coefficient (Wildman–Crippen LogP) is 4.33.